The maximum absolute atomic E-state index is 6.10. The van der Waals surface area contributed by atoms with E-state index in [1.54, 1.807) is 7.11 Å². The molecular weight excluding hydrogens is 200 g/mol. The Morgan fingerprint density at radius 3 is 2.69 bits per heavy atom. The number of benzene rings is 1. The van der Waals surface area contributed by atoms with Crippen molar-refractivity contribution in [2.75, 3.05) is 32.2 Å². The first-order valence-electron chi connectivity index (χ1n) is 5.75. The summed E-state index contributed by atoms with van der Waals surface area (Å²) in [7, 11) is 3.79. The number of anilines is 1. The van der Waals surface area contributed by atoms with E-state index in [1.807, 2.05) is 12.1 Å². The molecule has 3 nitrogen and oxygen atoms in total. The third-order valence-corrected chi connectivity index (χ3v) is 2.82. The highest BCUT2D eigenvalue weighted by atomic mass is 16.5. The summed E-state index contributed by atoms with van der Waals surface area (Å²) in [6.45, 7) is 3.72. The van der Waals surface area contributed by atoms with Gasteiger partial charge in [0.2, 0.25) is 0 Å². The van der Waals surface area contributed by atoms with Crippen molar-refractivity contribution in [2.24, 2.45) is 5.73 Å². The van der Waals surface area contributed by atoms with Gasteiger partial charge in [0.25, 0.3) is 0 Å². The second kappa shape index (κ2) is 6.51. The van der Waals surface area contributed by atoms with Crippen LogP contribution in [0.5, 0.6) is 0 Å². The number of methoxy groups -OCH3 is 1. The Labute approximate surface area is 98.2 Å². The van der Waals surface area contributed by atoms with E-state index in [1.165, 1.54) is 11.3 Å². The number of likely N-dealkylation sites (N-methyl/N-ethyl adjacent to an activating group) is 1. The fourth-order valence-electron chi connectivity index (χ4n) is 1.72. The molecule has 0 saturated carbocycles. The molecule has 0 aromatic heterocycles. The minimum atomic E-state index is 0.112. The van der Waals surface area contributed by atoms with Crippen molar-refractivity contribution >= 4 is 5.69 Å². The smallest absolute Gasteiger partial charge is 0.0637 e. The van der Waals surface area contributed by atoms with Gasteiger partial charge in [-0.05, 0) is 18.1 Å². The maximum atomic E-state index is 6.10. The van der Waals surface area contributed by atoms with Crippen molar-refractivity contribution < 1.29 is 4.74 Å². The number of para-hydroxylation sites is 1. The zero-order valence-corrected chi connectivity index (χ0v) is 10.4. The Bertz CT molecular complexity index is 315. The van der Waals surface area contributed by atoms with Gasteiger partial charge in [0.1, 0.15) is 0 Å². The molecule has 0 saturated heterocycles. The summed E-state index contributed by atoms with van der Waals surface area (Å²) in [6.07, 6.45) is 0.954. The summed E-state index contributed by atoms with van der Waals surface area (Å²) in [5.41, 5.74) is 8.52. The number of hydrogen-bond acceptors (Lipinski definition) is 3. The predicted molar refractivity (Wildman–Crippen MR) is 68.8 cm³/mol. The molecule has 0 aliphatic carbocycles. The topological polar surface area (TPSA) is 38.5 Å². The summed E-state index contributed by atoms with van der Waals surface area (Å²) < 4.78 is 5.09. The molecule has 16 heavy (non-hydrogen) atoms. The van der Waals surface area contributed by atoms with Crippen LogP contribution < -0.4 is 10.6 Å². The van der Waals surface area contributed by atoms with Crippen LogP contribution in [0.25, 0.3) is 0 Å². The Kier molecular flexibility index (Phi) is 5.29. The van der Waals surface area contributed by atoms with Crippen molar-refractivity contribution in [1.82, 2.24) is 0 Å². The summed E-state index contributed by atoms with van der Waals surface area (Å²) in [5.74, 6) is 0. The van der Waals surface area contributed by atoms with Crippen LogP contribution in [0.3, 0.4) is 0 Å². The lowest BCUT2D eigenvalue weighted by Gasteiger charge is -2.24. The molecule has 90 valence electrons. The molecule has 1 aromatic carbocycles. The summed E-state index contributed by atoms with van der Waals surface area (Å²) >= 11 is 0. The van der Waals surface area contributed by atoms with Crippen LogP contribution in [-0.2, 0) is 4.74 Å². The second-order valence-electron chi connectivity index (χ2n) is 3.99. The van der Waals surface area contributed by atoms with Crippen molar-refractivity contribution in [3.63, 3.8) is 0 Å². The third-order valence-electron chi connectivity index (χ3n) is 2.82. The van der Waals surface area contributed by atoms with E-state index in [2.05, 4.69) is 31.0 Å². The molecule has 0 fully saturated rings. The number of hydrogen-bond donors (Lipinski definition) is 1. The molecule has 1 atom stereocenters. The van der Waals surface area contributed by atoms with Crippen molar-refractivity contribution in [1.29, 1.82) is 0 Å². The number of nitrogens with two attached hydrogens (primary N) is 1. The highest BCUT2D eigenvalue weighted by Crippen LogP contribution is 2.25. The zero-order chi connectivity index (χ0) is 12.0. The van der Waals surface area contributed by atoms with Crippen LogP contribution in [0, 0.1) is 0 Å². The average molecular weight is 222 g/mol. The minimum Gasteiger partial charge on any atom is -0.383 e. The van der Waals surface area contributed by atoms with E-state index >= 15 is 0 Å². The lowest BCUT2D eigenvalue weighted by atomic mass is 10.0. The van der Waals surface area contributed by atoms with E-state index < -0.39 is 0 Å². The average Bonchev–Trinajstić information content (AvgIpc) is 2.35. The number of nitrogens with zero attached hydrogens (tertiary/aromatic N) is 1. The predicted octanol–water partition coefficient (Wildman–Crippen LogP) is 2.18. The molecule has 1 rings (SSSR count). The van der Waals surface area contributed by atoms with Crippen LogP contribution in [0.15, 0.2) is 24.3 Å². The highest BCUT2D eigenvalue weighted by molar-refractivity contribution is 5.54. The molecule has 0 aliphatic heterocycles. The minimum absolute atomic E-state index is 0.112. The first-order valence-corrected chi connectivity index (χ1v) is 5.75. The van der Waals surface area contributed by atoms with E-state index in [4.69, 9.17) is 10.5 Å². The van der Waals surface area contributed by atoms with Gasteiger partial charge in [-0.1, -0.05) is 25.1 Å². The Hall–Kier alpha value is -1.06. The SMILES string of the molecule is CC[C@@H](N)c1ccccc1N(C)CCOC. The van der Waals surface area contributed by atoms with E-state index in [0.717, 1.165) is 19.6 Å². The molecule has 0 amide bonds. The van der Waals surface area contributed by atoms with Gasteiger partial charge in [-0.3, -0.25) is 0 Å². The van der Waals surface area contributed by atoms with Crippen molar-refractivity contribution in [3.8, 4) is 0 Å². The van der Waals surface area contributed by atoms with Gasteiger partial charge in [-0.25, -0.2) is 0 Å². The summed E-state index contributed by atoms with van der Waals surface area (Å²) in [5, 5.41) is 0. The Morgan fingerprint density at radius 1 is 1.38 bits per heavy atom. The van der Waals surface area contributed by atoms with Crippen LogP contribution in [-0.4, -0.2) is 27.3 Å². The van der Waals surface area contributed by atoms with Crippen LogP contribution in [0.2, 0.25) is 0 Å². The van der Waals surface area contributed by atoms with Gasteiger partial charge in [0.15, 0.2) is 0 Å². The molecule has 0 heterocycles. The maximum Gasteiger partial charge on any atom is 0.0637 e. The van der Waals surface area contributed by atoms with Gasteiger partial charge < -0.3 is 15.4 Å². The highest BCUT2D eigenvalue weighted by Gasteiger charge is 2.11. The Morgan fingerprint density at radius 2 is 2.06 bits per heavy atom. The largest absolute Gasteiger partial charge is 0.383 e. The standard InChI is InChI=1S/C13H22N2O/c1-4-12(14)11-7-5-6-8-13(11)15(2)9-10-16-3/h5-8,12H,4,9-10,14H2,1-3H3/t12-/m1/s1. The van der Waals surface area contributed by atoms with Crippen LogP contribution in [0.1, 0.15) is 24.9 Å². The van der Waals surface area contributed by atoms with E-state index in [0.29, 0.717) is 0 Å². The quantitative estimate of drug-likeness (QED) is 0.801. The van der Waals surface area contributed by atoms with E-state index in [-0.39, 0.29) is 6.04 Å². The van der Waals surface area contributed by atoms with Crippen molar-refractivity contribution in [3.05, 3.63) is 29.8 Å². The molecule has 0 spiro atoms. The fourth-order valence-corrected chi connectivity index (χ4v) is 1.72. The lowest BCUT2D eigenvalue weighted by molar-refractivity contribution is 0.206. The van der Waals surface area contributed by atoms with Gasteiger partial charge in [0, 0.05) is 32.4 Å². The number of rotatable bonds is 6. The van der Waals surface area contributed by atoms with Gasteiger partial charge in [-0.2, -0.15) is 0 Å². The first-order chi connectivity index (χ1) is 7.70. The molecular formula is C13H22N2O. The molecule has 3 heteroatoms. The van der Waals surface area contributed by atoms with E-state index in [9.17, 15) is 0 Å². The monoisotopic (exact) mass is 222 g/mol. The molecule has 0 radical (unpaired) electrons. The number of ether oxygens (including phenoxy) is 1. The Balaban J connectivity index is 2.85. The first kappa shape index (κ1) is 13.0. The normalized spacial score (nSPS) is 12.5. The molecule has 2 N–H and O–H groups in total. The molecule has 0 aliphatic rings. The summed E-state index contributed by atoms with van der Waals surface area (Å²) in [6, 6.07) is 8.41. The van der Waals surface area contributed by atoms with Gasteiger partial charge in [-0.15, -0.1) is 0 Å². The molecule has 1 aromatic rings. The van der Waals surface area contributed by atoms with Crippen LogP contribution >= 0.6 is 0 Å². The van der Waals surface area contributed by atoms with Gasteiger partial charge in [0.05, 0.1) is 6.61 Å². The zero-order valence-electron chi connectivity index (χ0n) is 10.4. The lowest BCUT2D eigenvalue weighted by Crippen LogP contribution is -2.24. The van der Waals surface area contributed by atoms with Gasteiger partial charge >= 0.3 is 0 Å². The summed E-state index contributed by atoms with van der Waals surface area (Å²) in [4.78, 5) is 2.19. The third kappa shape index (κ3) is 3.22. The molecule has 0 bridgehead atoms. The van der Waals surface area contributed by atoms with Crippen molar-refractivity contribution in [2.45, 2.75) is 19.4 Å². The fraction of sp³-hybridized carbons (Fsp3) is 0.538. The van der Waals surface area contributed by atoms with Crippen LogP contribution in [0.4, 0.5) is 5.69 Å². The second-order valence-corrected chi connectivity index (χ2v) is 3.99. The molecule has 0 unspecified atom stereocenters.